The highest BCUT2D eigenvalue weighted by Crippen LogP contribution is 2.27. The predicted octanol–water partition coefficient (Wildman–Crippen LogP) is 5.30. The van der Waals surface area contributed by atoms with E-state index < -0.39 is 0 Å². The van der Waals surface area contributed by atoms with Crippen LogP contribution in [0.3, 0.4) is 0 Å². The van der Waals surface area contributed by atoms with Crippen molar-refractivity contribution in [2.24, 2.45) is 10.7 Å². The van der Waals surface area contributed by atoms with Crippen molar-refractivity contribution < 1.29 is 0 Å². The van der Waals surface area contributed by atoms with Gasteiger partial charge in [-0.2, -0.15) is 0 Å². The molecule has 0 saturated carbocycles. The number of piperidine rings is 1. The molecule has 25 heavy (non-hydrogen) atoms. The molecule has 0 unspecified atom stereocenters. The van der Waals surface area contributed by atoms with Crippen LogP contribution in [0.4, 0.5) is 5.69 Å². The number of hydrogen-bond donors (Lipinski definition) is 2. The SMILES string of the molecule is CC.NC(=Nc1ccccc1)C(=C1CCNCC1)c1ccc(Br)cc1. The summed E-state index contributed by atoms with van der Waals surface area (Å²) < 4.78 is 1.06. The number of rotatable bonds is 3. The average molecular weight is 400 g/mol. The highest BCUT2D eigenvalue weighted by atomic mass is 79.9. The average Bonchev–Trinajstić information content (AvgIpc) is 2.67. The smallest absolute Gasteiger partial charge is 0.131 e. The van der Waals surface area contributed by atoms with Crippen molar-refractivity contribution in [3.63, 3.8) is 0 Å². The van der Waals surface area contributed by atoms with Gasteiger partial charge in [0, 0.05) is 10.0 Å². The van der Waals surface area contributed by atoms with E-state index >= 15 is 0 Å². The summed E-state index contributed by atoms with van der Waals surface area (Å²) >= 11 is 3.49. The van der Waals surface area contributed by atoms with Crippen molar-refractivity contribution >= 4 is 33.0 Å². The Labute approximate surface area is 159 Å². The third kappa shape index (κ3) is 5.55. The van der Waals surface area contributed by atoms with Crippen LogP contribution in [0.1, 0.15) is 32.3 Å². The lowest BCUT2D eigenvalue weighted by atomic mass is 9.93. The van der Waals surface area contributed by atoms with E-state index in [4.69, 9.17) is 5.73 Å². The largest absolute Gasteiger partial charge is 0.383 e. The first-order chi connectivity index (χ1) is 12.2. The fourth-order valence-corrected chi connectivity index (χ4v) is 3.09. The van der Waals surface area contributed by atoms with Gasteiger partial charge in [0.15, 0.2) is 0 Å². The summed E-state index contributed by atoms with van der Waals surface area (Å²) in [4.78, 5) is 4.64. The zero-order valence-electron chi connectivity index (χ0n) is 14.9. The Morgan fingerprint density at radius 1 is 0.960 bits per heavy atom. The van der Waals surface area contributed by atoms with Gasteiger partial charge < -0.3 is 11.1 Å². The van der Waals surface area contributed by atoms with Gasteiger partial charge in [-0.15, -0.1) is 0 Å². The molecule has 2 aromatic rings. The van der Waals surface area contributed by atoms with E-state index in [0.29, 0.717) is 5.84 Å². The molecule has 1 saturated heterocycles. The molecule has 0 amide bonds. The minimum absolute atomic E-state index is 0.593. The Bertz CT molecular complexity index is 711. The number of amidine groups is 1. The fraction of sp³-hybridized carbons (Fsp3) is 0.286. The Kier molecular flexibility index (Phi) is 7.89. The van der Waals surface area contributed by atoms with Gasteiger partial charge in [0.25, 0.3) is 0 Å². The molecule has 1 heterocycles. The molecule has 3 N–H and O–H groups in total. The molecule has 1 aliphatic rings. The van der Waals surface area contributed by atoms with Gasteiger partial charge in [-0.05, 0) is 55.8 Å². The van der Waals surface area contributed by atoms with E-state index in [2.05, 4.69) is 38.4 Å². The minimum atomic E-state index is 0.593. The molecule has 0 atom stereocenters. The number of halogens is 1. The summed E-state index contributed by atoms with van der Waals surface area (Å²) in [6.45, 7) is 5.99. The van der Waals surface area contributed by atoms with E-state index in [9.17, 15) is 0 Å². The maximum atomic E-state index is 6.41. The lowest BCUT2D eigenvalue weighted by Gasteiger charge is -2.20. The van der Waals surface area contributed by atoms with Gasteiger partial charge >= 0.3 is 0 Å². The van der Waals surface area contributed by atoms with Gasteiger partial charge in [0.1, 0.15) is 5.84 Å². The lowest BCUT2D eigenvalue weighted by Crippen LogP contribution is -2.26. The van der Waals surface area contributed by atoms with E-state index in [1.165, 1.54) is 5.57 Å². The van der Waals surface area contributed by atoms with Gasteiger partial charge in [-0.1, -0.05) is 65.7 Å². The number of hydrogen-bond acceptors (Lipinski definition) is 2. The molecule has 0 aliphatic carbocycles. The quantitative estimate of drug-likeness (QED) is 0.543. The lowest BCUT2D eigenvalue weighted by molar-refractivity contribution is 0.612. The van der Waals surface area contributed by atoms with Crippen LogP contribution in [0.5, 0.6) is 0 Å². The van der Waals surface area contributed by atoms with E-state index in [-0.39, 0.29) is 0 Å². The normalized spacial score (nSPS) is 14.5. The number of nitrogens with zero attached hydrogens (tertiary/aromatic N) is 1. The second kappa shape index (κ2) is 10.2. The van der Waals surface area contributed by atoms with E-state index in [1.807, 2.05) is 56.3 Å². The second-order valence-corrected chi connectivity index (χ2v) is 6.48. The van der Waals surface area contributed by atoms with Gasteiger partial charge in [-0.25, -0.2) is 4.99 Å². The third-order valence-corrected chi connectivity index (χ3v) is 4.48. The van der Waals surface area contributed by atoms with Crippen LogP contribution < -0.4 is 11.1 Å². The summed E-state index contributed by atoms with van der Waals surface area (Å²) in [5.74, 6) is 0.593. The van der Waals surface area contributed by atoms with Crippen molar-refractivity contribution in [1.29, 1.82) is 0 Å². The summed E-state index contributed by atoms with van der Waals surface area (Å²) in [7, 11) is 0. The summed E-state index contributed by atoms with van der Waals surface area (Å²) in [5, 5.41) is 3.40. The molecule has 3 rings (SSSR count). The Morgan fingerprint density at radius 2 is 1.56 bits per heavy atom. The zero-order valence-corrected chi connectivity index (χ0v) is 16.5. The van der Waals surface area contributed by atoms with Crippen LogP contribution in [-0.4, -0.2) is 18.9 Å². The molecular formula is C21H26BrN3. The fourth-order valence-electron chi connectivity index (χ4n) is 2.83. The number of para-hydroxylation sites is 1. The van der Waals surface area contributed by atoms with Crippen LogP contribution >= 0.6 is 15.9 Å². The first-order valence-corrected chi connectivity index (χ1v) is 9.61. The topological polar surface area (TPSA) is 50.4 Å². The van der Waals surface area contributed by atoms with E-state index in [0.717, 1.165) is 47.2 Å². The van der Waals surface area contributed by atoms with Crippen LogP contribution in [0.2, 0.25) is 0 Å². The zero-order chi connectivity index (χ0) is 18.1. The standard InChI is InChI=1S/C19H20BrN3.C2H6/c20-16-8-6-14(7-9-16)18(15-10-12-22-13-11-15)19(21)23-17-4-2-1-3-5-17;1-2/h1-9,22H,10-13H2,(H2,21,23);1-2H3. The van der Waals surface area contributed by atoms with Gasteiger partial charge in [-0.3, -0.25) is 0 Å². The number of nitrogens with one attached hydrogen (secondary N) is 1. The monoisotopic (exact) mass is 399 g/mol. The first kappa shape index (κ1) is 19.4. The molecule has 0 radical (unpaired) electrons. The number of benzene rings is 2. The summed E-state index contributed by atoms with van der Waals surface area (Å²) in [6, 6.07) is 18.2. The van der Waals surface area contributed by atoms with Crippen LogP contribution in [0.15, 0.2) is 69.6 Å². The van der Waals surface area contributed by atoms with Crippen molar-refractivity contribution in [2.75, 3.05) is 13.1 Å². The number of nitrogens with two attached hydrogens (primary N) is 1. The Hall–Kier alpha value is -1.91. The Balaban J connectivity index is 0.00000109. The van der Waals surface area contributed by atoms with E-state index in [1.54, 1.807) is 0 Å². The molecule has 1 aliphatic heterocycles. The van der Waals surface area contributed by atoms with Gasteiger partial charge in [0.2, 0.25) is 0 Å². The minimum Gasteiger partial charge on any atom is -0.383 e. The molecular weight excluding hydrogens is 374 g/mol. The highest BCUT2D eigenvalue weighted by Gasteiger charge is 2.16. The van der Waals surface area contributed by atoms with Crippen molar-refractivity contribution in [2.45, 2.75) is 26.7 Å². The van der Waals surface area contributed by atoms with Crippen LogP contribution in [-0.2, 0) is 0 Å². The van der Waals surface area contributed by atoms with Crippen molar-refractivity contribution in [3.05, 3.63) is 70.2 Å². The molecule has 0 spiro atoms. The maximum absolute atomic E-state index is 6.41. The summed E-state index contributed by atoms with van der Waals surface area (Å²) in [5.41, 5.74) is 10.9. The van der Waals surface area contributed by atoms with Crippen LogP contribution in [0.25, 0.3) is 5.57 Å². The van der Waals surface area contributed by atoms with Crippen molar-refractivity contribution in [3.8, 4) is 0 Å². The predicted molar refractivity (Wildman–Crippen MR) is 112 cm³/mol. The summed E-state index contributed by atoms with van der Waals surface area (Å²) in [6.07, 6.45) is 2.02. The maximum Gasteiger partial charge on any atom is 0.131 e. The molecule has 1 fully saturated rings. The molecule has 0 aromatic heterocycles. The molecule has 0 bridgehead atoms. The molecule has 3 nitrogen and oxygen atoms in total. The molecule has 132 valence electrons. The Morgan fingerprint density at radius 3 is 2.16 bits per heavy atom. The van der Waals surface area contributed by atoms with Crippen molar-refractivity contribution in [1.82, 2.24) is 5.32 Å². The first-order valence-electron chi connectivity index (χ1n) is 8.82. The van der Waals surface area contributed by atoms with Crippen LogP contribution in [0, 0.1) is 0 Å². The highest BCUT2D eigenvalue weighted by molar-refractivity contribution is 9.10. The number of aliphatic imine (C=N–C) groups is 1. The van der Waals surface area contributed by atoms with Gasteiger partial charge in [0.05, 0.1) is 5.69 Å². The third-order valence-electron chi connectivity index (χ3n) is 3.96. The second-order valence-electron chi connectivity index (χ2n) is 5.57. The molecule has 2 aromatic carbocycles. The molecule has 4 heteroatoms.